The fraction of sp³-hybridized carbons (Fsp3) is 0.300. The molecule has 0 spiro atoms. The second kappa shape index (κ2) is 3.18. The third-order valence-corrected chi connectivity index (χ3v) is 3.51. The molecule has 1 fully saturated rings. The van der Waals surface area contributed by atoms with Crippen molar-refractivity contribution in [3.05, 3.63) is 33.1 Å². The highest BCUT2D eigenvalue weighted by molar-refractivity contribution is 14.1. The molecule has 0 atom stereocenters. The van der Waals surface area contributed by atoms with Crippen LogP contribution in [0.5, 0.6) is 0 Å². The normalized spacial score (nSPS) is 17.9. The first-order chi connectivity index (χ1) is 6.56. The molecule has 1 saturated carbocycles. The van der Waals surface area contributed by atoms with E-state index in [0.29, 0.717) is 22.0 Å². The van der Waals surface area contributed by atoms with Gasteiger partial charge in [-0.3, -0.25) is 4.79 Å². The number of benzene rings is 1. The van der Waals surface area contributed by atoms with Crippen molar-refractivity contribution in [2.75, 3.05) is 0 Å². The van der Waals surface area contributed by atoms with Crippen molar-refractivity contribution >= 4 is 28.6 Å². The Morgan fingerprint density at radius 1 is 1.50 bits per heavy atom. The summed E-state index contributed by atoms with van der Waals surface area (Å²) in [4.78, 5) is 11.0. The summed E-state index contributed by atoms with van der Waals surface area (Å²) in [6.07, 6.45) is 1.23. The van der Waals surface area contributed by atoms with E-state index in [9.17, 15) is 9.18 Å². The van der Waals surface area contributed by atoms with Crippen molar-refractivity contribution in [2.24, 2.45) is 0 Å². The molecular formula is C10H8FIO2. The molecule has 4 heteroatoms. The molecule has 0 bridgehead atoms. The minimum Gasteiger partial charge on any atom is -0.481 e. The predicted molar refractivity (Wildman–Crippen MR) is 57.7 cm³/mol. The summed E-state index contributed by atoms with van der Waals surface area (Å²) in [6.45, 7) is 0. The molecule has 14 heavy (non-hydrogen) atoms. The van der Waals surface area contributed by atoms with Crippen LogP contribution in [-0.2, 0) is 10.2 Å². The highest BCUT2D eigenvalue weighted by atomic mass is 127. The van der Waals surface area contributed by atoms with Crippen LogP contribution >= 0.6 is 22.6 Å². The lowest BCUT2D eigenvalue weighted by atomic mass is 9.96. The maximum atomic E-state index is 13.2. The van der Waals surface area contributed by atoms with Crippen LogP contribution in [0.4, 0.5) is 4.39 Å². The van der Waals surface area contributed by atoms with Crippen molar-refractivity contribution in [1.29, 1.82) is 0 Å². The van der Waals surface area contributed by atoms with Crippen molar-refractivity contribution in [3.63, 3.8) is 0 Å². The summed E-state index contributed by atoms with van der Waals surface area (Å²) >= 11 is 1.88. The largest absolute Gasteiger partial charge is 0.481 e. The van der Waals surface area contributed by atoms with Crippen LogP contribution < -0.4 is 0 Å². The van der Waals surface area contributed by atoms with E-state index in [1.807, 2.05) is 22.6 Å². The molecule has 0 aliphatic heterocycles. The van der Waals surface area contributed by atoms with E-state index in [-0.39, 0.29) is 5.82 Å². The molecule has 74 valence electrons. The van der Waals surface area contributed by atoms with Crippen LogP contribution in [0, 0.1) is 9.39 Å². The average molecular weight is 306 g/mol. The van der Waals surface area contributed by atoms with Gasteiger partial charge in [0.2, 0.25) is 0 Å². The summed E-state index contributed by atoms with van der Waals surface area (Å²) in [5.41, 5.74) is -0.214. The van der Waals surface area contributed by atoms with E-state index < -0.39 is 11.4 Å². The standard InChI is InChI=1S/C10H8FIO2/c11-7-5-6(1-2-8(7)12)10(3-4-10)9(13)14/h1-2,5H,3-4H2,(H,13,14). The molecule has 0 heterocycles. The smallest absolute Gasteiger partial charge is 0.314 e. The SMILES string of the molecule is O=C(O)C1(c2ccc(I)c(F)c2)CC1. The van der Waals surface area contributed by atoms with Crippen molar-refractivity contribution in [2.45, 2.75) is 18.3 Å². The lowest BCUT2D eigenvalue weighted by Crippen LogP contribution is -2.19. The van der Waals surface area contributed by atoms with E-state index in [2.05, 4.69) is 0 Å². The molecule has 0 radical (unpaired) electrons. The minimum absolute atomic E-state index is 0.337. The minimum atomic E-state index is -0.849. The number of rotatable bonds is 2. The molecular weight excluding hydrogens is 298 g/mol. The second-order valence-electron chi connectivity index (χ2n) is 3.52. The van der Waals surface area contributed by atoms with Crippen LogP contribution in [0.3, 0.4) is 0 Å². The Kier molecular flexibility index (Phi) is 2.25. The monoisotopic (exact) mass is 306 g/mol. The number of hydrogen-bond donors (Lipinski definition) is 1. The Bertz CT molecular complexity index is 399. The summed E-state index contributed by atoms with van der Waals surface area (Å²) in [5.74, 6) is -1.19. The number of carboxylic acid groups (broad SMARTS) is 1. The third kappa shape index (κ3) is 1.41. The van der Waals surface area contributed by atoms with Gasteiger partial charge in [0.25, 0.3) is 0 Å². The zero-order chi connectivity index (χ0) is 10.3. The van der Waals surface area contributed by atoms with Gasteiger partial charge in [0.1, 0.15) is 5.82 Å². The van der Waals surface area contributed by atoms with E-state index in [1.54, 1.807) is 12.1 Å². The van der Waals surface area contributed by atoms with Gasteiger partial charge in [-0.2, -0.15) is 0 Å². The van der Waals surface area contributed by atoms with Gasteiger partial charge in [0, 0.05) is 3.57 Å². The molecule has 0 amide bonds. The topological polar surface area (TPSA) is 37.3 Å². The summed E-state index contributed by atoms with van der Waals surface area (Å²) < 4.78 is 13.7. The Morgan fingerprint density at radius 2 is 2.14 bits per heavy atom. The maximum Gasteiger partial charge on any atom is 0.314 e. The molecule has 0 unspecified atom stereocenters. The molecule has 1 aromatic carbocycles. The Balaban J connectivity index is 2.43. The van der Waals surface area contributed by atoms with Crippen LogP contribution in [0.2, 0.25) is 0 Å². The number of hydrogen-bond acceptors (Lipinski definition) is 1. The molecule has 0 saturated heterocycles. The quantitative estimate of drug-likeness (QED) is 0.853. The van der Waals surface area contributed by atoms with Gasteiger partial charge >= 0.3 is 5.97 Å². The van der Waals surface area contributed by atoms with Gasteiger partial charge in [-0.05, 0) is 53.1 Å². The summed E-state index contributed by atoms with van der Waals surface area (Å²) in [7, 11) is 0. The zero-order valence-electron chi connectivity index (χ0n) is 7.26. The van der Waals surface area contributed by atoms with Crippen molar-refractivity contribution in [3.8, 4) is 0 Å². The zero-order valence-corrected chi connectivity index (χ0v) is 9.42. The Hall–Kier alpha value is -0.650. The lowest BCUT2D eigenvalue weighted by molar-refractivity contribution is -0.140. The van der Waals surface area contributed by atoms with Crippen molar-refractivity contribution in [1.82, 2.24) is 0 Å². The van der Waals surface area contributed by atoms with E-state index in [0.717, 1.165) is 0 Å². The molecule has 1 aromatic rings. The van der Waals surface area contributed by atoms with Crippen LogP contribution in [0.1, 0.15) is 18.4 Å². The average Bonchev–Trinajstić information content (AvgIpc) is 2.90. The molecule has 1 aliphatic rings. The fourth-order valence-electron chi connectivity index (χ4n) is 1.54. The first-order valence-electron chi connectivity index (χ1n) is 4.25. The second-order valence-corrected chi connectivity index (χ2v) is 4.68. The Labute approximate surface area is 94.3 Å². The van der Waals surface area contributed by atoms with Gasteiger partial charge in [-0.25, -0.2) is 4.39 Å². The number of carboxylic acids is 1. The summed E-state index contributed by atoms with van der Waals surface area (Å²) in [6, 6.07) is 4.66. The van der Waals surface area contributed by atoms with Gasteiger partial charge in [-0.1, -0.05) is 6.07 Å². The third-order valence-electron chi connectivity index (χ3n) is 2.63. The summed E-state index contributed by atoms with van der Waals surface area (Å²) in [5, 5.41) is 8.99. The van der Waals surface area contributed by atoms with Gasteiger partial charge in [0.05, 0.1) is 5.41 Å². The highest BCUT2D eigenvalue weighted by Crippen LogP contribution is 2.48. The van der Waals surface area contributed by atoms with Crippen LogP contribution in [-0.4, -0.2) is 11.1 Å². The van der Waals surface area contributed by atoms with Crippen LogP contribution in [0.15, 0.2) is 18.2 Å². The fourth-order valence-corrected chi connectivity index (χ4v) is 1.88. The van der Waals surface area contributed by atoms with Gasteiger partial charge in [-0.15, -0.1) is 0 Å². The molecule has 1 aliphatic carbocycles. The first-order valence-corrected chi connectivity index (χ1v) is 5.33. The lowest BCUT2D eigenvalue weighted by Gasteiger charge is -2.10. The van der Waals surface area contributed by atoms with Gasteiger partial charge in [0.15, 0.2) is 0 Å². The van der Waals surface area contributed by atoms with E-state index in [4.69, 9.17) is 5.11 Å². The first kappa shape index (κ1) is 9.89. The molecule has 2 nitrogen and oxygen atoms in total. The molecule has 2 rings (SSSR count). The van der Waals surface area contributed by atoms with Crippen molar-refractivity contribution < 1.29 is 14.3 Å². The number of aliphatic carboxylic acids is 1. The van der Waals surface area contributed by atoms with E-state index in [1.165, 1.54) is 6.07 Å². The maximum absolute atomic E-state index is 13.2. The number of halogens is 2. The molecule has 0 aromatic heterocycles. The predicted octanol–water partition coefficient (Wildman–Crippen LogP) is 2.55. The molecule has 1 N–H and O–H groups in total. The van der Waals surface area contributed by atoms with Crippen LogP contribution in [0.25, 0.3) is 0 Å². The van der Waals surface area contributed by atoms with Gasteiger partial charge < -0.3 is 5.11 Å². The highest BCUT2D eigenvalue weighted by Gasteiger charge is 2.51. The number of carbonyl (C=O) groups is 1. The van der Waals surface area contributed by atoms with E-state index >= 15 is 0 Å². The Morgan fingerprint density at radius 3 is 2.57 bits per heavy atom.